The zero-order chi connectivity index (χ0) is 14.5. The van der Waals surface area contributed by atoms with Crippen molar-refractivity contribution in [1.29, 1.82) is 0 Å². The molecular formula is C10H13FNO6P. The van der Waals surface area contributed by atoms with Crippen molar-refractivity contribution >= 4 is 13.8 Å². The molecule has 3 N–H and O–H groups in total. The van der Waals surface area contributed by atoms with Gasteiger partial charge >= 0.3 is 13.8 Å². The molecule has 0 unspecified atom stereocenters. The van der Waals surface area contributed by atoms with Gasteiger partial charge in [-0.1, -0.05) is 12.1 Å². The van der Waals surface area contributed by atoms with Crippen molar-refractivity contribution in [3.8, 4) is 0 Å². The first-order valence-corrected chi connectivity index (χ1v) is 6.72. The van der Waals surface area contributed by atoms with E-state index < -0.39 is 19.8 Å². The number of phosphoric acid groups is 1. The number of hydrogen-bond acceptors (Lipinski definition) is 5. The standard InChI is InChI=1S/C10H13FNO6P/c1-7(10(13)18-19(14,15)16)12-17-6-8-2-4-9(11)5-3-8/h2-5,7,12H,6H2,1H3,(H2,14,15,16)/t7-/m0/s1. The van der Waals surface area contributed by atoms with Gasteiger partial charge in [-0.05, 0) is 24.6 Å². The molecule has 7 nitrogen and oxygen atoms in total. The number of halogens is 1. The highest BCUT2D eigenvalue weighted by Crippen LogP contribution is 2.36. The highest BCUT2D eigenvalue weighted by molar-refractivity contribution is 7.46. The van der Waals surface area contributed by atoms with Gasteiger partial charge in [0.2, 0.25) is 0 Å². The molecule has 0 fully saturated rings. The van der Waals surface area contributed by atoms with E-state index in [9.17, 15) is 13.8 Å². The number of hydroxylamine groups is 1. The number of nitrogens with one attached hydrogen (secondary N) is 1. The summed E-state index contributed by atoms with van der Waals surface area (Å²) in [6.07, 6.45) is 0. The normalized spacial score (nSPS) is 13.1. The fraction of sp³-hybridized carbons (Fsp3) is 0.300. The number of phosphoric ester groups is 1. The molecule has 0 spiro atoms. The van der Waals surface area contributed by atoms with E-state index in [1.165, 1.54) is 31.2 Å². The smallest absolute Gasteiger partial charge is 0.369 e. The number of rotatable bonds is 6. The molecule has 0 saturated carbocycles. The molecule has 106 valence electrons. The van der Waals surface area contributed by atoms with Gasteiger partial charge in [-0.15, -0.1) is 0 Å². The molecule has 0 aliphatic heterocycles. The molecule has 0 aliphatic carbocycles. The van der Waals surface area contributed by atoms with Crippen molar-refractivity contribution in [2.75, 3.05) is 0 Å². The van der Waals surface area contributed by atoms with Crippen LogP contribution in [0.4, 0.5) is 4.39 Å². The average Bonchev–Trinajstić information content (AvgIpc) is 2.29. The van der Waals surface area contributed by atoms with Gasteiger partial charge in [0.25, 0.3) is 0 Å². The van der Waals surface area contributed by atoms with Gasteiger partial charge in [-0.3, -0.25) is 14.6 Å². The minimum Gasteiger partial charge on any atom is -0.369 e. The molecule has 0 heterocycles. The maximum absolute atomic E-state index is 12.6. The third kappa shape index (κ3) is 6.42. The minimum absolute atomic E-state index is 0.0494. The van der Waals surface area contributed by atoms with E-state index in [0.29, 0.717) is 5.56 Å². The molecule has 1 aromatic rings. The second-order valence-corrected chi connectivity index (χ2v) is 4.82. The van der Waals surface area contributed by atoms with Gasteiger partial charge in [-0.2, -0.15) is 5.48 Å². The third-order valence-corrected chi connectivity index (χ3v) is 2.39. The van der Waals surface area contributed by atoms with Crippen molar-refractivity contribution in [3.63, 3.8) is 0 Å². The van der Waals surface area contributed by atoms with Gasteiger partial charge in [0.05, 0.1) is 6.61 Å². The summed E-state index contributed by atoms with van der Waals surface area (Å²) in [6, 6.07) is 4.44. The lowest BCUT2D eigenvalue weighted by Crippen LogP contribution is -2.34. The maximum Gasteiger partial charge on any atom is 0.527 e. The summed E-state index contributed by atoms with van der Waals surface area (Å²) in [5.74, 6) is -1.53. The van der Waals surface area contributed by atoms with Crippen LogP contribution in [0.2, 0.25) is 0 Å². The lowest BCUT2D eigenvalue weighted by molar-refractivity contribution is -0.142. The summed E-state index contributed by atoms with van der Waals surface area (Å²) in [5, 5.41) is 0. The van der Waals surface area contributed by atoms with E-state index in [1.54, 1.807) is 0 Å². The molecule has 0 bridgehead atoms. The van der Waals surface area contributed by atoms with E-state index in [0.717, 1.165) is 0 Å². The van der Waals surface area contributed by atoms with Gasteiger partial charge < -0.3 is 4.52 Å². The molecule has 0 radical (unpaired) electrons. The van der Waals surface area contributed by atoms with E-state index in [4.69, 9.17) is 14.6 Å². The largest absolute Gasteiger partial charge is 0.527 e. The van der Waals surface area contributed by atoms with Gasteiger partial charge in [0, 0.05) is 0 Å². The zero-order valence-electron chi connectivity index (χ0n) is 9.95. The third-order valence-electron chi connectivity index (χ3n) is 1.97. The Bertz CT molecular complexity index is 473. The first kappa shape index (κ1) is 15.7. The predicted octanol–water partition coefficient (Wildman–Crippen LogP) is 0.871. The Morgan fingerprint density at radius 1 is 1.42 bits per heavy atom. The molecule has 0 amide bonds. The van der Waals surface area contributed by atoms with Crippen LogP contribution in [0, 0.1) is 5.82 Å². The number of hydrogen-bond donors (Lipinski definition) is 3. The van der Waals surface area contributed by atoms with E-state index in [-0.39, 0.29) is 12.4 Å². The van der Waals surface area contributed by atoms with Crippen LogP contribution in [0.3, 0.4) is 0 Å². The molecule has 1 aromatic carbocycles. The second-order valence-electron chi connectivity index (χ2n) is 3.66. The van der Waals surface area contributed by atoms with Crippen molar-refractivity contribution < 1.29 is 32.9 Å². The molecular weight excluding hydrogens is 280 g/mol. The van der Waals surface area contributed by atoms with Crippen LogP contribution in [0.5, 0.6) is 0 Å². The first-order chi connectivity index (χ1) is 8.78. The van der Waals surface area contributed by atoms with Gasteiger partial charge in [0.1, 0.15) is 11.9 Å². The lowest BCUT2D eigenvalue weighted by atomic mass is 10.2. The van der Waals surface area contributed by atoms with Crippen molar-refractivity contribution in [2.45, 2.75) is 19.6 Å². The van der Waals surface area contributed by atoms with Gasteiger partial charge in [-0.25, -0.2) is 13.8 Å². The van der Waals surface area contributed by atoms with Crippen LogP contribution >= 0.6 is 7.82 Å². The van der Waals surface area contributed by atoms with Crippen LogP contribution in [0.15, 0.2) is 24.3 Å². The number of carbonyl (C=O) groups is 1. The SMILES string of the molecule is C[C@H](NOCc1ccc(F)cc1)C(=O)OP(=O)(O)O. The zero-order valence-corrected chi connectivity index (χ0v) is 10.8. The van der Waals surface area contributed by atoms with Crippen LogP contribution in [-0.4, -0.2) is 21.8 Å². The topological polar surface area (TPSA) is 105 Å². The molecule has 19 heavy (non-hydrogen) atoms. The second kappa shape index (κ2) is 6.74. The predicted molar refractivity (Wildman–Crippen MR) is 61.9 cm³/mol. The highest BCUT2D eigenvalue weighted by atomic mass is 31.2. The van der Waals surface area contributed by atoms with Gasteiger partial charge in [0.15, 0.2) is 0 Å². The fourth-order valence-corrected chi connectivity index (χ4v) is 1.47. The molecule has 0 aromatic heterocycles. The summed E-state index contributed by atoms with van der Waals surface area (Å²) in [7, 11) is -4.86. The number of carbonyl (C=O) groups excluding carboxylic acids is 1. The van der Waals surface area contributed by atoms with E-state index in [1.807, 2.05) is 0 Å². The molecule has 1 atom stereocenters. The maximum atomic E-state index is 12.6. The Hall–Kier alpha value is -1.31. The summed E-state index contributed by atoms with van der Waals surface area (Å²) in [5.41, 5.74) is 2.91. The summed E-state index contributed by atoms with van der Waals surface area (Å²) in [4.78, 5) is 32.9. The summed E-state index contributed by atoms with van der Waals surface area (Å²) in [6.45, 7) is 1.36. The van der Waals surface area contributed by atoms with Crippen molar-refractivity contribution in [2.24, 2.45) is 0 Å². The Morgan fingerprint density at radius 3 is 2.53 bits per heavy atom. The van der Waals surface area contributed by atoms with E-state index >= 15 is 0 Å². The molecule has 0 saturated heterocycles. The number of benzene rings is 1. The Labute approximate surface area is 108 Å². The molecule has 1 rings (SSSR count). The van der Waals surface area contributed by atoms with Crippen LogP contribution < -0.4 is 5.48 Å². The Morgan fingerprint density at radius 2 is 2.00 bits per heavy atom. The van der Waals surface area contributed by atoms with Crippen LogP contribution in [-0.2, 0) is 25.3 Å². The highest BCUT2D eigenvalue weighted by Gasteiger charge is 2.24. The van der Waals surface area contributed by atoms with Crippen LogP contribution in [0.25, 0.3) is 0 Å². The van der Waals surface area contributed by atoms with Crippen molar-refractivity contribution in [1.82, 2.24) is 5.48 Å². The average molecular weight is 293 g/mol. The minimum atomic E-state index is -4.86. The molecule has 0 aliphatic rings. The fourth-order valence-electron chi connectivity index (χ4n) is 1.08. The molecule has 9 heteroatoms. The van der Waals surface area contributed by atoms with Crippen LogP contribution in [0.1, 0.15) is 12.5 Å². The summed E-state index contributed by atoms with van der Waals surface area (Å²) < 4.78 is 26.9. The summed E-state index contributed by atoms with van der Waals surface area (Å²) >= 11 is 0. The van der Waals surface area contributed by atoms with E-state index in [2.05, 4.69) is 10.0 Å². The quantitative estimate of drug-likeness (QED) is 0.528. The first-order valence-electron chi connectivity index (χ1n) is 5.18. The monoisotopic (exact) mass is 293 g/mol. The lowest BCUT2D eigenvalue weighted by Gasteiger charge is -2.13. The van der Waals surface area contributed by atoms with Crippen molar-refractivity contribution in [3.05, 3.63) is 35.6 Å². The Kier molecular flexibility index (Phi) is 5.59. The Balaban J connectivity index is 2.34.